The highest BCUT2D eigenvalue weighted by Crippen LogP contribution is 2.29. The van der Waals surface area contributed by atoms with Gasteiger partial charge < -0.3 is 16.0 Å². The van der Waals surface area contributed by atoms with E-state index in [-0.39, 0.29) is 29.7 Å². The lowest BCUT2D eigenvalue weighted by Gasteiger charge is -2.38. The molecule has 1 saturated carbocycles. The predicted octanol–water partition coefficient (Wildman–Crippen LogP) is 0.419. The van der Waals surface area contributed by atoms with E-state index in [9.17, 15) is 14.4 Å². The van der Waals surface area contributed by atoms with Crippen molar-refractivity contribution in [2.24, 2.45) is 5.73 Å². The minimum Gasteiger partial charge on any atom is -0.324 e. The fraction of sp³-hybridized carbons (Fsp3) is 0.526. The molecule has 1 aromatic rings. The number of hydrogen-bond acceptors (Lipinski definition) is 5. The van der Waals surface area contributed by atoms with Crippen molar-refractivity contribution in [3.05, 3.63) is 34.9 Å². The lowest BCUT2D eigenvalue weighted by molar-refractivity contribution is -0.136. The molecule has 0 spiro atoms. The van der Waals surface area contributed by atoms with Gasteiger partial charge in [-0.15, -0.1) is 0 Å². The van der Waals surface area contributed by atoms with Crippen LogP contribution in [0.5, 0.6) is 0 Å². The number of amides is 3. The number of hydrogen-bond donors (Lipinski definition) is 3. The van der Waals surface area contributed by atoms with Crippen molar-refractivity contribution in [2.75, 3.05) is 6.54 Å². The first-order chi connectivity index (χ1) is 12.5. The first kappa shape index (κ1) is 17.2. The van der Waals surface area contributed by atoms with Gasteiger partial charge in [0.25, 0.3) is 5.91 Å². The topological polar surface area (TPSA) is 105 Å². The first-order valence-corrected chi connectivity index (χ1v) is 9.21. The van der Waals surface area contributed by atoms with E-state index in [1.165, 1.54) is 6.42 Å². The Balaban J connectivity index is 1.41. The van der Waals surface area contributed by atoms with Crippen LogP contribution in [0.15, 0.2) is 18.2 Å². The summed E-state index contributed by atoms with van der Waals surface area (Å²) in [5.41, 5.74) is 8.85. The predicted molar refractivity (Wildman–Crippen MR) is 95.0 cm³/mol. The van der Waals surface area contributed by atoms with Gasteiger partial charge in [-0.25, -0.2) is 0 Å². The number of rotatable bonds is 5. The lowest BCUT2D eigenvalue weighted by Crippen LogP contribution is -2.53. The van der Waals surface area contributed by atoms with Crippen molar-refractivity contribution in [2.45, 2.75) is 56.8 Å². The smallest absolute Gasteiger partial charge is 0.255 e. The summed E-state index contributed by atoms with van der Waals surface area (Å²) >= 11 is 0. The third-order valence-electron chi connectivity index (χ3n) is 5.74. The highest BCUT2D eigenvalue weighted by molar-refractivity contribution is 6.05. The fourth-order valence-corrected chi connectivity index (χ4v) is 4.00. The summed E-state index contributed by atoms with van der Waals surface area (Å²) in [5, 5.41) is 5.73. The van der Waals surface area contributed by atoms with E-state index < -0.39 is 6.04 Å². The Morgan fingerprint density at radius 3 is 2.77 bits per heavy atom. The molecule has 1 unspecified atom stereocenters. The monoisotopic (exact) mass is 356 g/mol. The number of piperidine rings is 1. The van der Waals surface area contributed by atoms with Gasteiger partial charge in [0.1, 0.15) is 6.04 Å². The van der Waals surface area contributed by atoms with E-state index in [1.807, 2.05) is 18.2 Å². The van der Waals surface area contributed by atoms with Crippen LogP contribution in [0.1, 0.15) is 53.6 Å². The lowest BCUT2D eigenvalue weighted by atomic mass is 9.78. The Labute approximate surface area is 152 Å². The molecule has 2 fully saturated rings. The van der Waals surface area contributed by atoms with Crippen LogP contribution in [-0.4, -0.2) is 40.7 Å². The number of imide groups is 1. The molecular formula is C19H24N4O3. The highest BCUT2D eigenvalue weighted by Gasteiger charge is 2.39. The quantitative estimate of drug-likeness (QED) is 0.663. The van der Waals surface area contributed by atoms with Crippen molar-refractivity contribution < 1.29 is 14.4 Å². The van der Waals surface area contributed by atoms with E-state index in [0.29, 0.717) is 25.1 Å². The third kappa shape index (κ3) is 3.12. The van der Waals surface area contributed by atoms with Crippen LogP contribution < -0.4 is 16.4 Å². The van der Waals surface area contributed by atoms with E-state index in [1.54, 1.807) is 4.90 Å². The molecule has 1 atom stereocenters. The van der Waals surface area contributed by atoms with Crippen molar-refractivity contribution in [3.8, 4) is 0 Å². The van der Waals surface area contributed by atoms with Crippen molar-refractivity contribution >= 4 is 17.7 Å². The minimum absolute atomic E-state index is 0.0602. The summed E-state index contributed by atoms with van der Waals surface area (Å²) < 4.78 is 0. The first-order valence-electron chi connectivity index (χ1n) is 9.21. The van der Waals surface area contributed by atoms with Gasteiger partial charge in [-0.2, -0.15) is 0 Å². The minimum atomic E-state index is -0.565. The summed E-state index contributed by atoms with van der Waals surface area (Å²) in [6.45, 7) is 1.92. The fourth-order valence-electron chi connectivity index (χ4n) is 4.00. The third-order valence-corrected chi connectivity index (χ3v) is 5.74. The number of fused-ring (bicyclic) bond motifs is 1. The van der Waals surface area contributed by atoms with Crippen molar-refractivity contribution in [1.29, 1.82) is 0 Å². The Hall–Kier alpha value is -2.25. The highest BCUT2D eigenvalue weighted by atomic mass is 16.2. The second kappa shape index (κ2) is 6.48. The average Bonchev–Trinajstić information content (AvgIpc) is 2.89. The summed E-state index contributed by atoms with van der Waals surface area (Å²) in [7, 11) is 0. The molecule has 1 saturated heterocycles. The van der Waals surface area contributed by atoms with Crippen LogP contribution in [0.3, 0.4) is 0 Å². The van der Waals surface area contributed by atoms with Gasteiger partial charge in [-0.3, -0.25) is 19.7 Å². The summed E-state index contributed by atoms with van der Waals surface area (Å²) in [4.78, 5) is 37.6. The number of nitrogens with zero attached hydrogens (tertiary/aromatic N) is 1. The molecule has 26 heavy (non-hydrogen) atoms. The van der Waals surface area contributed by atoms with Crippen LogP contribution in [0.25, 0.3) is 0 Å². The SMILES string of the molecule is NC1(CNCc2ccc3c(c2)CN(C2CCC(=O)NC2=O)C3=O)CCC1. The molecule has 138 valence electrons. The van der Waals surface area contributed by atoms with Crippen LogP contribution in [0.4, 0.5) is 0 Å². The second-order valence-corrected chi connectivity index (χ2v) is 7.71. The standard InChI is InChI=1S/C19H24N4O3/c20-19(6-1-7-19)11-21-9-12-2-3-14-13(8-12)10-23(18(14)26)15-4-5-16(24)22-17(15)25/h2-3,8,15,21H,1,4-7,9-11,20H2,(H,22,24,25). The van der Waals surface area contributed by atoms with Gasteiger partial charge in [0.05, 0.1) is 0 Å². The summed E-state index contributed by atoms with van der Waals surface area (Å²) in [6.07, 6.45) is 4.00. The van der Waals surface area contributed by atoms with E-state index >= 15 is 0 Å². The van der Waals surface area contributed by atoms with Gasteiger partial charge in [0.2, 0.25) is 11.8 Å². The summed E-state index contributed by atoms with van der Waals surface area (Å²) in [5.74, 6) is -0.782. The van der Waals surface area contributed by atoms with Gasteiger partial charge in [-0.1, -0.05) is 12.1 Å². The van der Waals surface area contributed by atoms with Crippen LogP contribution in [0.2, 0.25) is 0 Å². The number of carbonyl (C=O) groups is 3. The molecular weight excluding hydrogens is 332 g/mol. The molecule has 3 aliphatic rings. The van der Waals surface area contributed by atoms with Crippen LogP contribution in [-0.2, 0) is 22.7 Å². The zero-order valence-electron chi connectivity index (χ0n) is 14.7. The van der Waals surface area contributed by atoms with Gasteiger partial charge >= 0.3 is 0 Å². The van der Waals surface area contributed by atoms with Gasteiger partial charge in [0, 0.05) is 37.2 Å². The van der Waals surface area contributed by atoms with E-state index in [2.05, 4.69) is 10.6 Å². The number of nitrogens with one attached hydrogen (secondary N) is 2. The number of benzene rings is 1. The molecule has 0 aromatic heterocycles. The van der Waals surface area contributed by atoms with Crippen LogP contribution >= 0.6 is 0 Å². The van der Waals surface area contributed by atoms with E-state index in [0.717, 1.165) is 30.5 Å². The Kier molecular flexibility index (Phi) is 4.28. The van der Waals surface area contributed by atoms with E-state index in [4.69, 9.17) is 5.73 Å². The van der Waals surface area contributed by atoms with Crippen molar-refractivity contribution in [1.82, 2.24) is 15.5 Å². The Morgan fingerprint density at radius 1 is 1.27 bits per heavy atom. The maximum absolute atomic E-state index is 12.7. The molecule has 0 radical (unpaired) electrons. The zero-order chi connectivity index (χ0) is 18.3. The zero-order valence-corrected chi connectivity index (χ0v) is 14.7. The molecule has 0 bridgehead atoms. The van der Waals surface area contributed by atoms with Gasteiger partial charge in [-0.05, 0) is 42.9 Å². The molecule has 7 nitrogen and oxygen atoms in total. The molecule has 3 amide bonds. The molecule has 1 aromatic carbocycles. The molecule has 4 rings (SSSR count). The molecule has 7 heteroatoms. The van der Waals surface area contributed by atoms with Gasteiger partial charge in [0.15, 0.2) is 0 Å². The molecule has 2 aliphatic heterocycles. The number of carbonyl (C=O) groups excluding carboxylic acids is 3. The second-order valence-electron chi connectivity index (χ2n) is 7.71. The number of nitrogens with two attached hydrogens (primary N) is 1. The summed E-state index contributed by atoms with van der Waals surface area (Å²) in [6, 6.07) is 5.24. The Morgan fingerprint density at radius 2 is 2.08 bits per heavy atom. The molecule has 1 aliphatic carbocycles. The maximum Gasteiger partial charge on any atom is 0.255 e. The largest absolute Gasteiger partial charge is 0.324 e. The Bertz CT molecular complexity index is 772. The molecule has 2 heterocycles. The average molecular weight is 356 g/mol. The van der Waals surface area contributed by atoms with Crippen molar-refractivity contribution in [3.63, 3.8) is 0 Å². The molecule has 4 N–H and O–H groups in total. The maximum atomic E-state index is 12.7. The van der Waals surface area contributed by atoms with Crippen LogP contribution in [0, 0.1) is 0 Å². The normalized spacial score (nSPS) is 24.3.